The second-order valence-electron chi connectivity index (χ2n) is 4.49. The van der Waals surface area contributed by atoms with Gasteiger partial charge in [0.1, 0.15) is 0 Å². The van der Waals surface area contributed by atoms with Gasteiger partial charge in [-0.25, -0.2) is 4.79 Å². The number of carbonyl (C=O) groups excluding carboxylic acids is 1. The fourth-order valence-corrected chi connectivity index (χ4v) is 2.72. The molecular formula is C13H15N3O. The van der Waals surface area contributed by atoms with E-state index in [4.69, 9.17) is 0 Å². The van der Waals surface area contributed by atoms with Crippen LogP contribution in [0.5, 0.6) is 0 Å². The number of hydrogen-bond acceptors (Lipinski definition) is 2. The van der Waals surface area contributed by atoms with E-state index in [0.29, 0.717) is 0 Å². The SMILES string of the molecule is CCC1(CC)NC(=O)n2c1cc1ncccc12. The number of aromatic nitrogens is 2. The van der Waals surface area contributed by atoms with E-state index < -0.39 is 0 Å². The molecular weight excluding hydrogens is 214 g/mol. The molecule has 0 aromatic carbocycles. The molecule has 1 N–H and O–H groups in total. The Morgan fingerprint density at radius 2 is 2.18 bits per heavy atom. The molecule has 0 saturated carbocycles. The van der Waals surface area contributed by atoms with E-state index in [9.17, 15) is 4.79 Å². The first-order chi connectivity index (χ1) is 8.22. The zero-order valence-corrected chi connectivity index (χ0v) is 10.0. The van der Waals surface area contributed by atoms with Crippen LogP contribution in [0.25, 0.3) is 11.0 Å². The second kappa shape index (κ2) is 3.32. The summed E-state index contributed by atoms with van der Waals surface area (Å²) in [6, 6.07) is 5.79. The van der Waals surface area contributed by atoms with Crippen molar-refractivity contribution in [3.8, 4) is 0 Å². The van der Waals surface area contributed by atoms with Gasteiger partial charge in [-0.3, -0.25) is 9.55 Å². The van der Waals surface area contributed by atoms with Gasteiger partial charge in [-0.15, -0.1) is 0 Å². The van der Waals surface area contributed by atoms with Crippen molar-refractivity contribution in [1.29, 1.82) is 0 Å². The summed E-state index contributed by atoms with van der Waals surface area (Å²) in [5, 5.41) is 3.10. The third-order valence-corrected chi connectivity index (χ3v) is 3.82. The Balaban J connectivity index is 2.34. The van der Waals surface area contributed by atoms with Crippen LogP contribution in [-0.4, -0.2) is 15.6 Å². The summed E-state index contributed by atoms with van der Waals surface area (Å²) >= 11 is 0. The van der Waals surface area contributed by atoms with E-state index in [2.05, 4.69) is 24.1 Å². The molecule has 0 atom stereocenters. The first kappa shape index (κ1) is 10.3. The Labute approximate surface area is 99.6 Å². The maximum absolute atomic E-state index is 12.1. The number of fused-ring (bicyclic) bond motifs is 3. The lowest BCUT2D eigenvalue weighted by Gasteiger charge is -2.25. The summed E-state index contributed by atoms with van der Waals surface area (Å²) in [6.45, 7) is 4.20. The standard InChI is InChI=1S/C13H15N3O/c1-3-13(4-2)11-8-9-10(6-5-7-14-9)16(11)12(17)15-13/h5-8H,3-4H2,1-2H3,(H,15,17). The molecule has 0 bridgehead atoms. The molecule has 3 heterocycles. The Kier molecular flexibility index (Phi) is 2.02. The third-order valence-electron chi connectivity index (χ3n) is 3.82. The van der Waals surface area contributed by atoms with Crippen LogP contribution in [0.2, 0.25) is 0 Å². The van der Waals surface area contributed by atoms with Gasteiger partial charge in [-0.1, -0.05) is 13.8 Å². The van der Waals surface area contributed by atoms with Crippen molar-refractivity contribution in [1.82, 2.24) is 14.9 Å². The van der Waals surface area contributed by atoms with E-state index in [1.54, 1.807) is 10.8 Å². The molecule has 0 radical (unpaired) electrons. The molecule has 1 aliphatic rings. The van der Waals surface area contributed by atoms with Crippen LogP contribution in [-0.2, 0) is 5.54 Å². The number of pyridine rings is 1. The highest BCUT2D eigenvalue weighted by Gasteiger charge is 2.41. The zero-order chi connectivity index (χ0) is 12.0. The molecule has 0 saturated heterocycles. The average Bonchev–Trinajstić information content (AvgIpc) is 2.86. The van der Waals surface area contributed by atoms with Gasteiger partial charge >= 0.3 is 6.03 Å². The first-order valence-electron chi connectivity index (χ1n) is 6.01. The van der Waals surface area contributed by atoms with Crippen LogP contribution in [0.1, 0.15) is 32.4 Å². The van der Waals surface area contributed by atoms with Gasteiger partial charge in [0.05, 0.1) is 22.3 Å². The third kappa shape index (κ3) is 1.18. The maximum Gasteiger partial charge on any atom is 0.327 e. The minimum Gasteiger partial charge on any atom is -0.326 e. The van der Waals surface area contributed by atoms with Crippen LogP contribution in [0.4, 0.5) is 4.79 Å². The Bertz CT molecular complexity index is 596. The van der Waals surface area contributed by atoms with Crippen LogP contribution >= 0.6 is 0 Å². The molecule has 0 fully saturated rings. The number of carbonyl (C=O) groups is 1. The van der Waals surface area contributed by atoms with Crippen molar-refractivity contribution in [3.05, 3.63) is 30.1 Å². The molecule has 0 unspecified atom stereocenters. The van der Waals surface area contributed by atoms with Crippen LogP contribution in [0.3, 0.4) is 0 Å². The molecule has 88 valence electrons. The van der Waals surface area contributed by atoms with Crippen molar-refractivity contribution in [3.63, 3.8) is 0 Å². The lowest BCUT2D eigenvalue weighted by molar-refractivity contribution is 0.237. The molecule has 2 aromatic rings. The monoisotopic (exact) mass is 229 g/mol. The van der Waals surface area contributed by atoms with Gasteiger partial charge in [0.2, 0.25) is 0 Å². The molecule has 4 heteroatoms. The van der Waals surface area contributed by atoms with Crippen LogP contribution in [0, 0.1) is 0 Å². The first-order valence-corrected chi connectivity index (χ1v) is 6.01. The quantitative estimate of drug-likeness (QED) is 0.860. The highest BCUT2D eigenvalue weighted by molar-refractivity contribution is 5.94. The Morgan fingerprint density at radius 3 is 2.88 bits per heavy atom. The van der Waals surface area contributed by atoms with Crippen LogP contribution in [0.15, 0.2) is 24.4 Å². The van der Waals surface area contributed by atoms with Crippen molar-refractivity contribution in [2.45, 2.75) is 32.2 Å². The predicted octanol–water partition coefficient (Wildman–Crippen LogP) is 2.62. The van der Waals surface area contributed by atoms with Crippen molar-refractivity contribution >= 4 is 17.1 Å². The normalized spacial score (nSPS) is 17.2. The fourth-order valence-electron chi connectivity index (χ4n) is 2.72. The lowest BCUT2D eigenvalue weighted by Crippen LogP contribution is -2.38. The van der Waals surface area contributed by atoms with E-state index in [0.717, 1.165) is 29.6 Å². The van der Waals surface area contributed by atoms with Crippen molar-refractivity contribution < 1.29 is 4.79 Å². The summed E-state index contributed by atoms with van der Waals surface area (Å²) in [6.07, 6.45) is 3.55. The number of nitrogens with one attached hydrogen (secondary N) is 1. The molecule has 0 spiro atoms. The highest BCUT2D eigenvalue weighted by atomic mass is 16.2. The zero-order valence-electron chi connectivity index (χ0n) is 10.0. The fraction of sp³-hybridized carbons (Fsp3) is 0.385. The smallest absolute Gasteiger partial charge is 0.326 e. The summed E-state index contributed by atoms with van der Waals surface area (Å²) < 4.78 is 1.76. The minimum absolute atomic E-state index is 0.0355. The Morgan fingerprint density at radius 1 is 1.41 bits per heavy atom. The average molecular weight is 229 g/mol. The second-order valence-corrected chi connectivity index (χ2v) is 4.49. The largest absolute Gasteiger partial charge is 0.327 e. The van der Waals surface area contributed by atoms with Crippen LogP contribution < -0.4 is 5.32 Å². The van der Waals surface area contributed by atoms with Gasteiger partial charge in [0, 0.05) is 6.20 Å². The van der Waals surface area contributed by atoms with Gasteiger partial charge in [0.15, 0.2) is 0 Å². The maximum atomic E-state index is 12.1. The van der Waals surface area contributed by atoms with E-state index >= 15 is 0 Å². The molecule has 3 rings (SSSR count). The van der Waals surface area contributed by atoms with Crippen molar-refractivity contribution in [2.24, 2.45) is 0 Å². The highest BCUT2D eigenvalue weighted by Crippen LogP contribution is 2.36. The van der Waals surface area contributed by atoms with E-state index in [-0.39, 0.29) is 11.6 Å². The Hall–Kier alpha value is -1.84. The minimum atomic E-state index is -0.224. The number of hydrogen-bond donors (Lipinski definition) is 1. The van der Waals surface area contributed by atoms with Gasteiger partial charge in [0.25, 0.3) is 0 Å². The van der Waals surface area contributed by atoms with Crippen molar-refractivity contribution in [2.75, 3.05) is 0 Å². The molecule has 17 heavy (non-hydrogen) atoms. The predicted molar refractivity (Wildman–Crippen MR) is 65.9 cm³/mol. The van der Waals surface area contributed by atoms with Gasteiger partial charge < -0.3 is 5.32 Å². The molecule has 1 aliphatic heterocycles. The molecule has 2 aromatic heterocycles. The molecule has 0 aliphatic carbocycles. The summed E-state index contributed by atoms with van der Waals surface area (Å²) in [5.41, 5.74) is 2.60. The van der Waals surface area contributed by atoms with Gasteiger partial charge in [-0.2, -0.15) is 0 Å². The number of amides is 1. The lowest BCUT2D eigenvalue weighted by atomic mass is 9.90. The van der Waals surface area contributed by atoms with E-state index in [1.165, 1.54) is 0 Å². The van der Waals surface area contributed by atoms with Gasteiger partial charge in [-0.05, 0) is 31.0 Å². The summed E-state index contributed by atoms with van der Waals surface area (Å²) in [5.74, 6) is 0. The van der Waals surface area contributed by atoms with E-state index in [1.807, 2.05) is 18.2 Å². The molecule has 4 nitrogen and oxygen atoms in total. The summed E-state index contributed by atoms with van der Waals surface area (Å²) in [4.78, 5) is 16.4. The summed E-state index contributed by atoms with van der Waals surface area (Å²) in [7, 11) is 0. The number of nitrogens with zero attached hydrogens (tertiary/aromatic N) is 2. The number of rotatable bonds is 2. The molecule has 1 amide bonds. The topological polar surface area (TPSA) is 46.9 Å².